The summed E-state index contributed by atoms with van der Waals surface area (Å²) >= 11 is 0. The van der Waals surface area contributed by atoms with Gasteiger partial charge in [0.1, 0.15) is 5.82 Å². The number of carbonyl (C=O) groups is 1. The van der Waals surface area contributed by atoms with Gasteiger partial charge < -0.3 is 5.32 Å². The molecule has 0 spiro atoms. The van der Waals surface area contributed by atoms with Crippen LogP contribution < -0.4 is 5.32 Å². The minimum atomic E-state index is -0.151. The fourth-order valence-corrected chi connectivity index (χ4v) is 3.60. The summed E-state index contributed by atoms with van der Waals surface area (Å²) in [6.45, 7) is 13.0. The van der Waals surface area contributed by atoms with Crippen LogP contribution in [0, 0.1) is 6.92 Å². The molecule has 27 heavy (non-hydrogen) atoms. The van der Waals surface area contributed by atoms with Crippen molar-refractivity contribution in [2.45, 2.75) is 46.3 Å². The number of benzene rings is 1. The van der Waals surface area contributed by atoms with Crippen LogP contribution in [0.2, 0.25) is 0 Å². The summed E-state index contributed by atoms with van der Waals surface area (Å²) in [5, 5.41) is 7.31. The number of hydrogen-bond acceptors (Lipinski definition) is 4. The predicted octanol–water partition coefficient (Wildman–Crippen LogP) is 2.92. The van der Waals surface area contributed by atoms with Crippen molar-refractivity contribution in [3.05, 3.63) is 47.7 Å². The maximum absolute atomic E-state index is 12.7. The Balaban J connectivity index is 1.51. The number of nitrogens with zero attached hydrogens (tertiary/aromatic N) is 4. The van der Waals surface area contributed by atoms with Crippen LogP contribution in [0.1, 0.15) is 37.9 Å². The van der Waals surface area contributed by atoms with Gasteiger partial charge in [-0.3, -0.25) is 14.6 Å². The van der Waals surface area contributed by atoms with Crippen molar-refractivity contribution in [1.29, 1.82) is 0 Å². The zero-order valence-electron chi connectivity index (χ0n) is 16.9. The molecule has 3 rings (SSSR count). The molecule has 6 heteroatoms. The number of anilines is 1. The highest BCUT2D eigenvalue weighted by Crippen LogP contribution is 2.16. The number of carbonyl (C=O) groups excluding carboxylic acids is 1. The summed E-state index contributed by atoms with van der Waals surface area (Å²) in [5.74, 6) is 0.796. The first kappa shape index (κ1) is 19.6. The third-order valence-corrected chi connectivity index (χ3v) is 5.23. The average Bonchev–Trinajstić information content (AvgIpc) is 3.10. The first-order chi connectivity index (χ1) is 12.9. The molecule has 1 aliphatic rings. The fourth-order valence-electron chi connectivity index (χ4n) is 3.60. The Labute approximate surface area is 162 Å². The number of hydrogen-bond donors (Lipinski definition) is 1. The van der Waals surface area contributed by atoms with Gasteiger partial charge in [-0.2, -0.15) is 5.10 Å². The van der Waals surface area contributed by atoms with Crippen molar-refractivity contribution in [3.63, 3.8) is 0 Å². The Morgan fingerprint density at radius 1 is 1.15 bits per heavy atom. The summed E-state index contributed by atoms with van der Waals surface area (Å²) in [7, 11) is 0. The maximum Gasteiger partial charge on any atom is 0.242 e. The normalized spacial score (nSPS) is 17.2. The van der Waals surface area contributed by atoms with Crippen molar-refractivity contribution in [2.75, 3.05) is 31.5 Å². The highest BCUT2D eigenvalue weighted by atomic mass is 16.2. The Bertz CT molecular complexity index is 761. The highest BCUT2D eigenvalue weighted by molar-refractivity contribution is 5.93. The van der Waals surface area contributed by atoms with E-state index >= 15 is 0 Å². The van der Waals surface area contributed by atoms with Crippen molar-refractivity contribution in [1.82, 2.24) is 19.6 Å². The maximum atomic E-state index is 12.7. The van der Waals surface area contributed by atoms with Crippen LogP contribution in [0.5, 0.6) is 0 Å². The van der Waals surface area contributed by atoms with E-state index < -0.39 is 0 Å². The van der Waals surface area contributed by atoms with E-state index in [1.54, 1.807) is 6.20 Å². The monoisotopic (exact) mass is 369 g/mol. The van der Waals surface area contributed by atoms with E-state index in [4.69, 9.17) is 0 Å². The molecule has 2 aromatic rings. The molecule has 1 saturated heterocycles. The largest absolute Gasteiger partial charge is 0.310 e. The molecule has 1 N–H and O–H groups in total. The number of piperazine rings is 1. The lowest BCUT2D eigenvalue weighted by Gasteiger charge is -2.37. The van der Waals surface area contributed by atoms with Crippen LogP contribution in [0.25, 0.3) is 0 Å². The molecule has 146 valence electrons. The molecule has 0 radical (unpaired) electrons. The van der Waals surface area contributed by atoms with Crippen molar-refractivity contribution >= 4 is 11.7 Å². The molecule has 1 atom stereocenters. The van der Waals surface area contributed by atoms with Gasteiger partial charge >= 0.3 is 0 Å². The van der Waals surface area contributed by atoms with Crippen LogP contribution in [0.3, 0.4) is 0 Å². The number of aryl methyl sites for hydroxylation is 1. The van der Waals surface area contributed by atoms with E-state index in [1.807, 2.05) is 17.7 Å². The zero-order valence-corrected chi connectivity index (χ0v) is 16.9. The molecule has 1 fully saturated rings. The van der Waals surface area contributed by atoms with Gasteiger partial charge in [0.2, 0.25) is 5.91 Å². The van der Waals surface area contributed by atoms with Crippen LogP contribution in [-0.2, 0) is 11.3 Å². The van der Waals surface area contributed by atoms with Crippen LogP contribution in [0.15, 0.2) is 36.5 Å². The van der Waals surface area contributed by atoms with E-state index in [0.717, 1.165) is 38.5 Å². The first-order valence-corrected chi connectivity index (χ1v) is 9.80. The van der Waals surface area contributed by atoms with E-state index in [-0.39, 0.29) is 18.0 Å². The highest BCUT2D eigenvalue weighted by Gasteiger charge is 2.26. The van der Waals surface area contributed by atoms with Gasteiger partial charge in [-0.05, 0) is 33.3 Å². The molecule has 0 bridgehead atoms. The standard InChI is InChI=1S/C21H31N5O/c1-16(2)26-20(8-9-22-26)23-21(27)18(4)25-12-10-24(11-13-25)15-19-7-5-6-17(3)14-19/h5-9,14,16,18H,10-13,15H2,1-4H3,(H,23,27). The third kappa shape index (κ3) is 4.96. The number of nitrogens with one attached hydrogen (secondary N) is 1. The van der Waals surface area contributed by atoms with E-state index in [2.05, 4.69) is 65.3 Å². The van der Waals surface area contributed by atoms with Crippen LogP contribution in [0.4, 0.5) is 5.82 Å². The number of amides is 1. The quantitative estimate of drug-likeness (QED) is 0.851. The third-order valence-electron chi connectivity index (χ3n) is 5.23. The van der Waals surface area contributed by atoms with Gasteiger partial charge in [0.05, 0.1) is 12.2 Å². The molecule has 0 aliphatic carbocycles. The van der Waals surface area contributed by atoms with Crippen molar-refractivity contribution in [3.8, 4) is 0 Å². The van der Waals surface area contributed by atoms with E-state index in [1.165, 1.54) is 11.1 Å². The predicted molar refractivity (Wildman–Crippen MR) is 109 cm³/mol. The fraction of sp³-hybridized carbons (Fsp3) is 0.524. The lowest BCUT2D eigenvalue weighted by molar-refractivity contribution is -0.121. The van der Waals surface area contributed by atoms with Gasteiger partial charge in [0.15, 0.2) is 0 Å². The topological polar surface area (TPSA) is 53.4 Å². The second-order valence-corrected chi connectivity index (χ2v) is 7.72. The minimum Gasteiger partial charge on any atom is -0.310 e. The molecule has 1 amide bonds. The molecular weight excluding hydrogens is 338 g/mol. The molecule has 0 saturated carbocycles. The van der Waals surface area contributed by atoms with Gasteiger partial charge in [0.25, 0.3) is 0 Å². The zero-order chi connectivity index (χ0) is 19.4. The lowest BCUT2D eigenvalue weighted by atomic mass is 10.1. The van der Waals surface area contributed by atoms with Gasteiger partial charge in [-0.1, -0.05) is 29.8 Å². The molecule has 1 aromatic heterocycles. The summed E-state index contributed by atoms with van der Waals surface area (Å²) in [5.41, 5.74) is 2.66. The second kappa shape index (κ2) is 8.67. The van der Waals surface area contributed by atoms with Gasteiger partial charge in [-0.25, -0.2) is 4.68 Å². The summed E-state index contributed by atoms with van der Waals surface area (Å²) in [6.07, 6.45) is 1.73. The van der Waals surface area contributed by atoms with Crippen molar-refractivity contribution in [2.24, 2.45) is 0 Å². The molecule has 6 nitrogen and oxygen atoms in total. The lowest BCUT2D eigenvalue weighted by Crippen LogP contribution is -2.52. The Hall–Kier alpha value is -2.18. The minimum absolute atomic E-state index is 0.0320. The average molecular weight is 370 g/mol. The summed E-state index contributed by atoms with van der Waals surface area (Å²) < 4.78 is 1.84. The summed E-state index contributed by atoms with van der Waals surface area (Å²) in [6, 6.07) is 10.6. The number of aromatic nitrogens is 2. The van der Waals surface area contributed by atoms with Crippen molar-refractivity contribution < 1.29 is 4.79 Å². The molecule has 1 aromatic carbocycles. The van der Waals surface area contributed by atoms with Crippen LogP contribution >= 0.6 is 0 Å². The molecular formula is C21H31N5O. The second-order valence-electron chi connectivity index (χ2n) is 7.72. The number of rotatable bonds is 6. The van der Waals surface area contributed by atoms with Gasteiger partial charge in [-0.15, -0.1) is 0 Å². The molecule has 2 heterocycles. The Morgan fingerprint density at radius 3 is 2.56 bits per heavy atom. The Kier molecular flexibility index (Phi) is 6.29. The van der Waals surface area contributed by atoms with Gasteiger partial charge in [0, 0.05) is 44.8 Å². The van der Waals surface area contributed by atoms with E-state index in [9.17, 15) is 4.79 Å². The van der Waals surface area contributed by atoms with E-state index in [0.29, 0.717) is 0 Å². The van der Waals surface area contributed by atoms with Crippen LogP contribution in [-0.4, -0.2) is 57.7 Å². The summed E-state index contributed by atoms with van der Waals surface area (Å²) in [4.78, 5) is 17.4. The SMILES string of the molecule is Cc1cccc(CN2CCN(C(C)C(=O)Nc3ccnn3C(C)C)CC2)c1. The first-order valence-electron chi connectivity index (χ1n) is 9.80. The molecule has 1 aliphatic heterocycles. The Morgan fingerprint density at radius 2 is 1.89 bits per heavy atom. The molecule has 1 unspecified atom stereocenters. The smallest absolute Gasteiger partial charge is 0.242 e.